The zero-order valence-electron chi connectivity index (χ0n) is 18.0. The molecule has 0 heterocycles. The van der Waals surface area contributed by atoms with E-state index in [9.17, 15) is 15.0 Å². The number of amides is 1. The number of nitrogens with one attached hydrogen (secondary N) is 1. The summed E-state index contributed by atoms with van der Waals surface area (Å²) in [5, 5.41) is 23.3. The quantitative estimate of drug-likeness (QED) is 0.424. The van der Waals surface area contributed by atoms with E-state index in [1.807, 2.05) is 31.2 Å². The van der Waals surface area contributed by atoms with Crippen LogP contribution in [0.5, 0.6) is 0 Å². The number of aliphatic hydroxyl groups is 2. The maximum atomic E-state index is 12.2. The molecule has 2 atom stereocenters. The summed E-state index contributed by atoms with van der Waals surface area (Å²) >= 11 is 0. The normalized spacial score (nSPS) is 14.3. The number of fused-ring (bicyclic) bond motifs is 3. The molecule has 6 heteroatoms. The van der Waals surface area contributed by atoms with E-state index in [1.54, 1.807) is 18.2 Å². The van der Waals surface area contributed by atoms with E-state index in [0.29, 0.717) is 11.3 Å². The molecule has 6 nitrogen and oxygen atoms in total. The van der Waals surface area contributed by atoms with Crippen molar-refractivity contribution in [3.05, 3.63) is 89.0 Å². The molecule has 5 N–H and O–H groups in total. The average molecular weight is 433 g/mol. The number of nitrogens with two attached hydrogens (primary N) is 1. The minimum Gasteiger partial charge on any atom is -0.449 e. The van der Waals surface area contributed by atoms with Gasteiger partial charge in [-0.15, -0.1) is 0 Å². The highest BCUT2D eigenvalue weighted by Gasteiger charge is 2.29. The number of anilines is 1. The van der Waals surface area contributed by atoms with Crippen molar-refractivity contribution in [1.29, 1.82) is 0 Å². The number of aryl methyl sites for hydroxylation is 1. The van der Waals surface area contributed by atoms with Gasteiger partial charge in [-0.1, -0.05) is 60.7 Å². The van der Waals surface area contributed by atoms with Crippen molar-refractivity contribution in [2.45, 2.75) is 31.5 Å². The fourth-order valence-corrected chi connectivity index (χ4v) is 4.19. The summed E-state index contributed by atoms with van der Waals surface area (Å²) in [7, 11) is 0. The zero-order valence-corrected chi connectivity index (χ0v) is 18.0. The number of rotatable bonds is 7. The first-order valence-corrected chi connectivity index (χ1v) is 10.8. The van der Waals surface area contributed by atoms with Gasteiger partial charge in [0, 0.05) is 18.2 Å². The van der Waals surface area contributed by atoms with Crippen LogP contribution in [-0.2, 0) is 4.74 Å². The van der Waals surface area contributed by atoms with Crippen LogP contribution in [-0.4, -0.2) is 35.6 Å². The van der Waals surface area contributed by atoms with Gasteiger partial charge in [0.25, 0.3) is 0 Å². The number of hydrogen-bond donors (Lipinski definition) is 4. The highest BCUT2D eigenvalue weighted by Crippen LogP contribution is 2.44. The molecule has 0 fully saturated rings. The molecular weight excluding hydrogens is 404 g/mol. The highest BCUT2D eigenvalue weighted by atomic mass is 16.5. The van der Waals surface area contributed by atoms with Gasteiger partial charge in [0.1, 0.15) is 12.7 Å². The van der Waals surface area contributed by atoms with Crippen LogP contribution in [0.3, 0.4) is 0 Å². The van der Waals surface area contributed by atoms with Crippen LogP contribution in [0.15, 0.2) is 66.7 Å². The number of carbonyl (C=O) groups is 1. The molecule has 0 aromatic heterocycles. The van der Waals surface area contributed by atoms with Crippen LogP contribution in [0.2, 0.25) is 0 Å². The lowest BCUT2D eigenvalue weighted by Crippen LogP contribution is -2.30. The molecule has 0 radical (unpaired) electrons. The third kappa shape index (κ3) is 4.47. The molecule has 0 bridgehead atoms. The Morgan fingerprint density at radius 1 is 1.03 bits per heavy atom. The Labute approximate surface area is 187 Å². The second kappa shape index (κ2) is 9.42. The number of hydrogen-bond acceptors (Lipinski definition) is 5. The van der Waals surface area contributed by atoms with E-state index in [1.165, 1.54) is 11.1 Å². The van der Waals surface area contributed by atoms with Crippen LogP contribution >= 0.6 is 0 Å². The van der Waals surface area contributed by atoms with Crippen molar-refractivity contribution in [1.82, 2.24) is 5.32 Å². The molecule has 1 aliphatic rings. The number of aliphatic hydroxyl groups excluding tert-OH is 2. The van der Waals surface area contributed by atoms with Crippen LogP contribution in [0.4, 0.5) is 10.5 Å². The van der Waals surface area contributed by atoms with E-state index >= 15 is 0 Å². The summed E-state index contributed by atoms with van der Waals surface area (Å²) < 4.78 is 5.48. The molecule has 166 valence electrons. The van der Waals surface area contributed by atoms with Gasteiger partial charge in [0.05, 0.1) is 6.10 Å². The first-order chi connectivity index (χ1) is 15.5. The summed E-state index contributed by atoms with van der Waals surface area (Å²) in [6, 6.07) is 21.5. The molecule has 1 aliphatic carbocycles. The van der Waals surface area contributed by atoms with E-state index in [0.717, 1.165) is 16.7 Å². The van der Waals surface area contributed by atoms with E-state index in [4.69, 9.17) is 10.5 Å². The number of carbonyl (C=O) groups excluding carboxylic acids is 1. The average Bonchev–Trinajstić information content (AvgIpc) is 3.12. The fraction of sp³-hybridized carbons (Fsp3) is 0.269. The summed E-state index contributed by atoms with van der Waals surface area (Å²) in [6.45, 7) is 2.28. The molecule has 0 aliphatic heterocycles. The summed E-state index contributed by atoms with van der Waals surface area (Å²) in [4.78, 5) is 12.2. The number of nitrogen functional groups attached to an aromatic ring is 1. The molecule has 4 rings (SSSR count). The van der Waals surface area contributed by atoms with Crippen LogP contribution < -0.4 is 11.1 Å². The molecule has 32 heavy (non-hydrogen) atoms. The molecule has 3 aromatic carbocycles. The Morgan fingerprint density at radius 2 is 1.66 bits per heavy atom. The SMILES string of the molecule is Cc1ccc(C(O)C(O)CCNC(=O)OCC2c3ccccc3-c3ccccc32)cc1N. The highest BCUT2D eigenvalue weighted by molar-refractivity contribution is 5.79. The summed E-state index contributed by atoms with van der Waals surface area (Å²) in [5.74, 6) is -0.00689. The van der Waals surface area contributed by atoms with Crippen LogP contribution in [0, 0.1) is 6.92 Å². The molecule has 1 amide bonds. The topological polar surface area (TPSA) is 105 Å². The van der Waals surface area contributed by atoms with Crippen LogP contribution in [0.25, 0.3) is 11.1 Å². The number of benzene rings is 3. The van der Waals surface area contributed by atoms with Crippen molar-refractivity contribution in [3.63, 3.8) is 0 Å². The molecule has 2 unspecified atom stereocenters. The monoisotopic (exact) mass is 432 g/mol. The maximum Gasteiger partial charge on any atom is 0.407 e. The fourth-order valence-electron chi connectivity index (χ4n) is 4.19. The van der Waals surface area contributed by atoms with Crippen molar-refractivity contribution < 1.29 is 19.7 Å². The van der Waals surface area contributed by atoms with Gasteiger partial charge in [0.15, 0.2) is 0 Å². The predicted molar refractivity (Wildman–Crippen MR) is 124 cm³/mol. The van der Waals surface area contributed by atoms with E-state index in [2.05, 4.69) is 29.6 Å². The molecule has 3 aromatic rings. The summed E-state index contributed by atoms with van der Waals surface area (Å²) in [6.07, 6.45) is -2.49. The zero-order chi connectivity index (χ0) is 22.7. The second-order valence-electron chi connectivity index (χ2n) is 8.17. The van der Waals surface area contributed by atoms with Gasteiger partial charge in [-0.2, -0.15) is 0 Å². The standard InChI is InChI=1S/C26H28N2O4/c1-16-10-11-17(14-23(16)27)25(30)24(29)12-13-28-26(31)32-15-22-20-8-4-2-6-18(20)19-7-3-5-9-21(19)22/h2-11,14,22,24-25,29-30H,12-13,15,27H2,1H3,(H,28,31). The number of ether oxygens (including phenoxy) is 1. The third-order valence-electron chi connectivity index (χ3n) is 6.06. The Hall–Kier alpha value is -3.35. The van der Waals surface area contributed by atoms with Crippen molar-refractivity contribution in [3.8, 4) is 11.1 Å². The van der Waals surface area contributed by atoms with Gasteiger partial charge in [-0.25, -0.2) is 4.79 Å². The smallest absolute Gasteiger partial charge is 0.407 e. The van der Waals surface area contributed by atoms with E-state index in [-0.39, 0.29) is 25.5 Å². The minimum absolute atomic E-state index is 0.00689. The second-order valence-corrected chi connectivity index (χ2v) is 8.17. The lowest BCUT2D eigenvalue weighted by atomic mass is 9.98. The Morgan fingerprint density at radius 3 is 2.28 bits per heavy atom. The van der Waals surface area contributed by atoms with Crippen LogP contribution in [0.1, 0.15) is 40.7 Å². The lowest BCUT2D eigenvalue weighted by Gasteiger charge is -2.19. The van der Waals surface area contributed by atoms with Gasteiger partial charge >= 0.3 is 6.09 Å². The molecule has 0 saturated heterocycles. The van der Waals surface area contributed by atoms with Gasteiger partial charge in [0.2, 0.25) is 0 Å². The first kappa shape index (κ1) is 21.9. The van der Waals surface area contributed by atoms with E-state index < -0.39 is 18.3 Å². The van der Waals surface area contributed by atoms with Gasteiger partial charge < -0.3 is 26.0 Å². The maximum absolute atomic E-state index is 12.2. The third-order valence-corrected chi connectivity index (χ3v) is 6.06. The molecular formula is C26H28N2O4. The minimum atomic E-state index is -1.08. The Bertz CT molecular complexity index is 1070. The number of alkyl carbamates (subject to hydrolysis) is 1. The largest absolute Gasteiger partial charge is 0.449 e. The summed E-state index contributed by atoms with van der Waals surface area (Å²) in [5.41, 5.74) is 12.5. The van der Waals surface area contributed by atoms with Gasteiger partial charge in [-0.05, 0) is 52.8 Å². The van der Waals surface area contributed by atoms with Crippen molar-refractivity contribution in [2.24, 2.45) is 0 Å². The Kier molecular flexibility index (Phi) is 6.44. The van der Waals surface area contributed by atoms with Crippen molar-refractivity contribution >= 4 is 11.8 Å². The van der Waals surface area contributed by atoms with Crippen molar-refractivity contribution in [2.75, 3.05) is 18.9 Å². The lowest BCUT2D eigenvalue weighted by molar-refractivity contribution is 0.0137. The molecule has 0 saturated carbocycles. The predicted octanol–water partition coefficient (Wildman–Crippen LogP) is 3.90. The molecule has 0 spiro atoms. The first-order valence-electron chi connectivity index (χ1n) is 10.8. The van der Waals surface area contributed by atoms with Gasteiger partial charge in [-0.3, -0.25) is 0 Å². The Balaban J connectivity index is 1.28.